The number of rotatable bonds is 45. The molecule has 0 saturated carbocycles. The molecule has 0 aliphatic heterocycles. The van der Waals surface area contributed by atoms with Gasteiger partial charge < -0.3 is 14.2 Å². The fourth-order valence-electron chi connectivity index (χ4n) is 7.04. The van der Waals surface area contributed by atoms with E-state index in [0.29, 0.717) is 19.3 Å². The van der Waals surface area contributed by atoms with Gasteiger partial charge in [-0.2, -0.15) is 0 Å². The summed E-state index contributed by atoms with van der Waals surface area (Å²) in [6, 6.07) is 0. The molecule has 0 aliphatic carbocycles. The molecule has 0 unspecified atom stereocenters. The maximum atomic E-state index is 12.7. The molecule has 6 nitrogen and oxygen atoms in total. The first-order chi connectivity index (χ1) is 28.5. The van der Waals surface area contributed by atoms with Crippen LogP contribution >= 0.6 is 0 Å². The average Bonchev–Trinajstić information content (AvgIpc) is 3.22. The van der Waals surface area contributed by atoms with Gasteiger partial charge in [0.15, 0.2) is 6.10 Å². The molecule has 0 aromatic heterocycles. The molecule has 58 heavy (non-hydrogen) atoms. The summed E-state index contributed by atoms with van der Waals surface area (Å²) in [4.78, 5) is 37.8. The zero-order valence-corrected chi connectivity index (χ0v) is 38.6. The van der Waals surface area contributed by atoms with Crippen molar-refractivity contribution in [2.45, 2.75) is 264 Å². The number of esters is 3. The lowest BCUT2D eigenvalue weighted by Gasteiger charge is -2.18. The van der Waals surface area contributed by atoms with E-state index in [4.69, 9.17) is 14.2 Å². The third-order valence-electron chi connectivity index (χ3n) is 10.9. The van der Waals surface area contributed by atoms with Crippen molar-refractivity contribution in [1.82, 2.24) is 0 Å². The molecule has 0 spiro atoms. The summed E-state index contributed by atoms with van der Waals surface area (Å²) in [7, 11) is 0. The zero-order chi connectivity index (χ0) is 42.3. The monoisotopic (exact) mass is 815 g/mol. The third-order valence-corrected chi connectivity index (χ3v) is 10.9. The average molecular weight is 815 g/mol. The first-order valence-corrected chi connectivity index (χ1v) is 25.0. The molecule has 0 rings (SSSR count). The third kappa shape index (κ3) is 44.7. The van der Waals surface area contributed by atoms with Gasteiger partial charge in [0.2, 0.25) is 0 Å². The van der Waals surface area contributed by atoms with Crippen molar-refractivity contribution in [2.24, 2.45) is 0 Å². The van der Waals surface area contributed by atoms with Crippen molar-refractivity contribution < 1.29 is 28.6 Å². The smallest absolute Gasteiger partial charge is 0.306 e. The first-order valence-electron chi connectivity index (χ1n) is 25.0. The van der Waals surface area contributed by atoms with E-state index in [2.05, 4.69) is 57.2 Å². The van der Waals surface area contributed by atoms with Crippen LogP contribution in [-0.4, -0.2) is 37.2 Å². The van der Waals surface area contributed by atoms with Crippen LogP contribution in [0.3, 0.4) is 0 Å². The van der Waals surface area contributed by atoms with Crippen LogP contribution < -0.4 is 0 Å². The van der Waals surface area contributed by atoms with Crippen LogP contribution in [-0.2, 0) is 28.6 Å². The van der Waals surface area contributed by atoms with Gasteiger partial charge in [-0.1, -0.05) is 205 Å². The summed E-state index contributed by atoms with van der Waals surface area (Å²) in [5, 5.41) is 0. The summed E-state index contributed by atoms with van der Waals surface area (Å²) in [6.45, 7) is 6.57. The van der Waals surface area contributed by atoms with E-state index < -0.39 is 6.10 Å². The predicted molar refractivity (Wildman–Crippen MR) is 247 cm³/mol. The Bertz CT molecular complexity index is 984. The van der Waals surface area contributed by atoms with Gasteiger partial charge in [0.25, 0.3) is 0 Å². The maximum absolute atomic E-state index is 12.7. The molecule has 0 fully saturated rings. The fourth-order valence-corrected chi connectivity index (χ4v) is 7.04. The van der Waals surface area contributed by atoms with E-state index in [-0.39, 0.29) is 31.1 Å². The molecule has 0 saturated heterocycles. The Morgan fingerprint density at radius 2 is 0.638 bits per heavy atom. The molecule has 6 heteroatoms. The van der Waals surface area contributed by atoms with Crippen molar-refractivity contribution in [3.05, 3.63) is 36.5 Å². The lowest BCUT2D eigenvalue weighted by molar-refractivity contribution is -0.167. The van der Waals surface area contributed by atoms with Crippen LogP contribution in [0.15, 0.2) is 36.5 Å². The van der Waals surface area contributed by atoms with Gasteiger partial charge in [-0.25, -0.2) is 0 Å². The highest BCUT2D eigenvalue weighted by molar-refractivity contribution is 5.71. The molecule has 0 aromatic carbocycles. The molecule has 1 atom stereocenters. The summed E-state index contributed by atoms with van der Waals surface area (Å²) in [5.74, 6) is -0.887. The summed E-state index contributed by atoms with van der Waals surface area (Å²) < 4.78 is 16.7. The Balaban J connectivity index is 4.34. The minimum Gasteiger partial charge on any atom is -0.462 e. The SMILES string of the molecule is CCCC/C=C\CCCCCCCC(=O)O[C@H](COC(=O)CCCCCCCCC/C=C\C/C=C\CCCCC)COC(=O)CCCCCCCCCCCCCC. The minimum absolute atomic E-state index is 0.0755. The second kappa shape index (κ2) is 47.3. The number of hydrogen-bond donors (Lipinski definition) is 0. The normalized spacial score (nSPS) is 12.3. The molecular formula is C52H94O6. The van der Waals surface area contributed by atoms with Gasteiger partial charge in [0.1, 0.15) is 13.2 Å². The Kier molecular flexibility index (Phi) is 45.4. The van der Waals surface area contributed by atoms with E-state index in [0.717, 1.165) is 83.5 Å². The van der Waals surface area contributed by atoms with Crippen LogP contribution in [0.5, 0.6) is 0 Å². The molecule has 0 N–H and O–H groups in total. The van der Waals surface area contributed by atoms with E-state index in [1.54, 1.807) is 0 Å². The van der Waals surface area contributed by atoms with Crippen LogP contribution in [0.1, 0.15) is 258 Å². The van der Waals surface area contributed by atoms with Crippen molar-refractivity contribution in [3.63, 3.8) is 0 Å². The van der Waals surface area contributed by atoms with Gasteiger partial charge in [-0.3, -0.25) is 14.4 Å². The van der Waals surface area contributed by atoms with Gasteiger partial charge in [-0.05, 0) is 70.6 Å². The quantitative estimate of drug-likeness (QED) is 0.0264. The highest BCUT2D eigenvalue weighted by Crippen LogP contribution is 2.15. The minimum atomic E-state index is -0.774. The molecule has 0 aromatic rings. The Morgan fingerprint density at radius 1 is 0.345 bits per heavy atom. The number of carbonyl (C=O) groups is 3. The Labute approximate surface area is 359 Å². The van der Waals surface area contributed by atoms with Gasteiger partial charge in [0.05, 0.1) is 0 Å². The molecule has 338 valence electrons. The van der Waals surface area contributed by atoms with Crippen molar-refractivity contribution in [2.75, 3.05) is 13.2 Å². The van der Waals surface area contributed by atoms with Gasteiger partial charge in [0, 0.05) is 19.3 Å². The van der Waals surface area contributed by atoms with E-state index in [1.807, 2.05) is 0 Å². The van der Waals surface area contributed by atoms with Gasteiger partial charge in [-0.15, -0.1) is 0 Å². The van der Waals surface area contributed by atoms with Crippen molar-refractivity contribution in [3.8, 4) is 0 Å². The lowest BCUT2D eigenvalue weighted by atomic mass is 10.0. The molecule has 0 amide bonds. The number of ether oxygens (including phenoxy) is 3. The largest absolute Gasteiger partial charge is 0.462 e. The molecule has 0 bridgehead atoms. The lowest BCUT2D eigenvalue weighted by Crippen LogP contribution is -2.30. The van der Waals surface area contributed by atoms with Crippen molar-refractivity contribution >= 4 is 17.9 Å². The van der Waals surface area contributed by atoms with E-state index in [1.165, 1.54) is 135 Å². The zero-order valence-electron chi connectivity index (χ0n) is 38.6. The Hall–Kier alpha value is -2.37. The summed E-state index contributed by atoms with van der Waals surface area (Å²) in [6.07, 6.45) is 54.1. The first kappa shape index (κ1) is 55.6. The predicted octanol–water partition coefficient (Wildman–Crippen LogP) is 16.1. The van der Waals surface area contributed by atoms with Crippen LogP contribution in [0.4, 0.5) is 0 Å². The van der Waals surface area contributed by atoms with Gasteiger partial charge >= 0.3 is 17.9 Å². The molecule has 0 radical (unpaired) electrons. The summed E-state index contributed by atoms with van der Waals surface area (Å²) >= 11 is 0. The molecular weight excluding hydrogens is 721 g/mol. The van der Waals surface area contributed by atoms with E-state index in [9.17, 15) is 14.4 Å². The number of hydrogen-bond acceptors (Lipinski definition) is 6. The second-order valence-electron chi connectivity index (χ2n) is 16.7. The van der Waals surface area contributed by atoms with Crippen molar-refractivity contribution in [1.29, 1.82) is 0 Å². The second-order valence-corrected chi connectivity index (χ2v) is 16.7. The standard InChI is InChI=1S/C52H94O6/c1-4-7-10-13-16-19-22-24-25-26-27-28-31-33-36-39-42-45-51(54)57-48-49(58-52(55)46-43-40-37-34-29-21-18-15-12-9-6-3)47-56-50(53)44-41-38-35-32-30-23-20-17-14-11-8-5-2/h15-16,18-19,24-25,49H,4-14,17,20-23,26-48H2,1-3H3/b18-15-,19-16-,25-24-/t49-/m0/s1. The van der Waals surface area contributed by atoms with Crippen LogP contribution in [0.25, 0.3) is 0 Å². The van der Waals surface area contributed by atoms with Crippen LogP contribution in [0.2, 0.25) is 0 Å². The molecule has 0 heterocycles. The topological polar surface area (TPSA) is 78.9 Å². The van der Waals surface area contributed by atoms with E-state index >= 15 is 0 Å². The number of allylic oxidation sites excluding steroid dienone is 6. The Morgan fingerprint density at radius 3 is 1.05 bits per heavy atom. The fraction of sp³-hybridized carbons (Fsp3) is 0.827. The highest BCUT2D eigenvalue weighted by Gasteiger charge is 2.19. The molecule has 0 aliphatic rings. The van der Waals surface area contributed by atoms with Crippen LogP contribution in [0, 0.1) is 0 Å². The maximum Gasteiger partial charge on any atom is 0.306 e. The number of unbranched alkanes of at least 4 members (excludes halogenated alkanes) is 28. The summed E-state index contributed by atoms with van der Waals surface area (Å²) in [5.41, 5.74) is 0. The highest BCUT2D eigenvalue weighted by atomic mass is 16.6. The number of carbonyl (C=O) groups excluding carboxylic acids is 3.